The van der Waals surface area contributed by atoms with E-state index in [0.717, 1.165) is 11.3 Å². The van der Waals surface area contributed by atoms with Gasteiger partial charge in [0, 0.05) is 43.2 Å². The highest BCUT2D eigenvalue weighted by Crippen LogP contribution is 2.31. The van der Waals surface area contributed by atoms with Gasteiger partial charge in [0.15, 0.2) is 5.75 Å². The molecule has 0 bridgehead atoms. The van der Waals surface area contributed by atoms with Crippen LogP contribution in [0.15, 0.2) is 30.6 Å². The molecule has 2 rings (SSSR count). The highest BCUT2D eigenvalue weighted by molar-refractivity contribution is 5.58. The first-order chi connectivity index (χ1) is 9.95. The van der Waals surface area contributed by atoms with E-state index in [4.69, 9.17) is 4.74 Å². The molecule has 0 spiro atoms. The Balaban J connectivity index is 2.14. The zero-order valence-corrected chi connectivity index (χ0v) is 12.2. The first kappa shape index (κ1) is 14.8. The predicted octanol–water partition coefficient (Wildman–Crippen LogP) is 2.73. The number of nitrogens with one attached hydrogen (secondary N) is 1. The zero-order valence-electron chi connectivity index (χ0n) is 12.2. The lowest BCUT2D eigenvalue weighted by molar-refractivity contribution is -0.386. The van der Waals surface area contributed by atoms with Gasteiger partial charge in [0.1, 0.15) is 0 Å². The Labute approximate surface area is 122 Å². The number of benzene rings is 1. The van der Waals surface area contributed by atoms with E-state index in [-0.39, 0.29) is 17.5 Å². The van der Waals surface area contributed by atoms with Gasteiger partial charge in [-0.25, -0.2) is 0 Å². The van der Waals surface area contributed by atoms with Crippen molar-refractivity contribution in [2.24, 2.45) is 7.05 Å². The summed E-state index contributed by atoms with van der Waals surface area (Å²) in [6.07, 6.45) is 3.55. The maximum absolute atomic E-state index is 11.0. The number of aromatic nitrogens is 2. The maximum Gasteiger partial charge on any atom is 0.311 e. The fraction of sp³-hybridized carbons (Fsp3) is 0.357. The first-order valence-electron chi connectivity index (χ1n) is 6.62. The third kappa shape index (κ3) is 3.95. The number of aryl methyl sites for hydroxylation is 1. The molecule has 0 aliphatic rings. The third-order valence-corrected chi connectivity index (χ3v) is 2.77. The van der Waals surface area contributed by atoms with Gasteiger partial charge in [-0.3, -0.25) is 14.8 Å². The van der Waals surface area contributed by atoms with Crippen molar-refractivity contribution in [1.29, 1.82) is 0 Å². The van der Waals surface area contributed by atoms with Crippen molar-refractivity contribution < 1.29 is 9.66 Å². The molecule has 0 aliphatic carbocycles. The summed E-state index contributed by atoms with van der Waals surface area (Å²) in [5.41, 5.74) is 1.76. The number of rotatable bonds is 6. The number of anilines is 1. The van der Waals surface area contributed by atoms with Crippen molar-refractivity contribution in [3.63, 3.8) is 0 Å². The number of nitro groups is 1. The van der Waals surface area contributed by atoms with E-state index in [1.807, 2.05) is 27.1 Å². The van der Waals surface area contributed by atoms with Crippen LogP contribution in [0.5, 0.6) is 5.75 Å². The topological polar surface area (TPSA) is 82.2 Å². The minimum Gasteiger partial charge on any atom is -0.484 e. The van der Waals surface area contributed by atoms with Gasteiger partial charge in [-0.15, -0.1) is 0 Å². The molecule has 7 nitrogen and oxygen atoms in total. The second-order valence-corrected chi connectivity index (χ2v) is 4.98. The van der Waals surface area contributed by atoms with Crippen molar-refractivity contribution in [3.8, 4) is 5.75 Å². The van der Waals surface area contributed by atoms with Crippen molar-refractivity contribution in [2.45, 2.75) is 26.5 Å². The number of nitrogens with zero attached hydrogens (tertiary/aromatic N) is 3. The molecule has 0 fully saturated rings. The molecule has 1 heterocycles. The Morgan fingerprint density at radius 1 is 1.48 bits per heavy atom. The molecule has 21 heavy (non-hydrogen) atoms. The largest absolute Gasteiger partial charge is 0.484 e. The second-order valence-electron chi connectivity index (χ2n) is 4.98. The van der Waals surface area contributed by atoms with E-state index in [9.17, 15) is 10.1 Å². The van der Waals surface area contributed by atoms with Crippen molar-refractivity contribution >= 4 is 11.4 Å². The minimum absolute atomic E-state index is 0.0318. The number of hydrogen-bond donors (Lipinski definition) is 1. The Kier molecular flexibility index (Phi) is 4.42. The van der Waals surface area contributed by atoms with Gasteiger partial charge in [-0.05, 0) is 19.9 Å². The Morgan fingerprint density at radius 3 is 2.81 bits per heavy atom. The van der Waals surface area contributed by atoms with Crippen molar-refractivity contribution in [3.05, 3.63) is 46.3 Å². The standard InChI is InChI=1S/C14H18N4O3/c1-10(2)21-14-6-12(4-5-13(14)18(19)20)15-7-11-8-16-17(3)9-11/h4-6,8-10,15H,7H2,1-3H3. The van der Waals surface area contributed by atoms with Crippen LogP contribution in [0.1, 0.15) is 19.4 Å². The zero-order chi connectivity index (χ0) is 15.4. The summed E-state index contributed by atoms with van der Waals surface area (Å²) in [7, 11) is 1.85. The van der Waals surface area contributed by atoms with Gasteiger partial charge < -0.3 is 10.1 Å². The maximum atomic E-state index is 11.0. The average Bonchev–Trinajstić information content (AvgIpc) is 2.81. The van der Waals surface area contributed by atoms with Crippen LogP contribution in [0.2, 0.25) is 0 Å². The van der Waals surface area contributed by atoms with Crippen LogP contribution in [0.3, 0.4) is 0 Å². The molecule has 1 aromatic heterocycles. The fourth-order valence-corrected chi connectivity index (χ4v) is 1.89. The Morgan fingerprint density at radius 2 is 2.24 bits per heavy atom. The lowest BCUT2D eigenvalue weighted by Crippen LogP contribution is -2.08. The molecule has 0 saturated heterocycles. The summed E-state index contributed by atoms with van der Waals surface area (Å²) in [5, 5.41) is 18.3. The molecular weight excluding hydrogens is 272 g/mol. The van der Waals surface area contributed by atoms with E-state index < -0.39 is 4.92 Å². The molecule has 0 unspecified atom stereocenters. The summed E-state index contributed by atoms with van der Waals surface area (Å²) >= 11 is 0. The van der Waals surface area contributed by atoms with Crippen LogP contribution in [-0.2, 0) is 13.6 Å². The van der Waals surface area contributed by atoms with Crippen LogP contribution in [-0.4, -0.2) is 20.8 Å². The second kappa shape index (κ2) is 6.25. The molecule has 7 heteroatoms. The lowest BCUT2D eigenvalue weighted by atomic mass is 10.2. The summed E-state index contributed by atoms with van der Waals surface area (Å²) in [6, 6.07) is 4.76. The van der Waals surface area contributed by atoms with Gasteiger partial charge in [0.05, 0.1) is 17.2 Å². The Bertz CT molecular complexity index is 637. The van der Waals surface area contributed by atoms with Crippen LogP contribution in [0.4, 0.5) is 11.4 Å². The van der Waals surface area contributed by atoms with Gasteiger partial charge in [0.2, 0.25) is 0 Å². The van der Waals surface area contributed by atoms with Crippen LogP contribution in [0, 0.1) is 10.1 Å². The van der Waals surface area contributed by atoms with Crippen molar-refractivity contribution in [2.75, 3.05) is 5.32 Å². The summed E-state index contributed by atoms with van der Waals surface area (Å²) in [6.45, 7) is 4.26. The molecule has 1 N–H and O–H groups in total. The molecule has 1 aromatic carbocycles. The number of nitro benzene ring substituents is 1. The number of hydrogen-bond acceptors (Lipinski definition) is 5. The van der Waals surface area contributed by atoms with Crippen LogP contribution < -0.4 is 10.1 Å². The minimum atomic E-state index is -0.442. The monoisotopic (exact) mass is 290 g/mol. The van der Waals surface area contributed by atoms with Gasteiger partial charge in [-0.2, -0.15) is 5.10 Å². The molecular formula is C14H18N4O3. The summed E-state index contributed by atoms with van der Waals surface area (Å²) < 4.78 is 7.23. The van der Waals surface area contributed by atoms with Gasteiger partial charge in [0.25, 0.3) is 0 Å². The first-order valence-corrected chi connectivity index (χ1v) is 6.62. The fourth-order valence-electron chi connectivity index (χ4n) is 1.89. The predicted molar refractivity (Wildman–Crippen MR) is 79.4 cm³/mol. The van der Waals surface area contributed by atoms with Crippen LogP contribution >= 0.6 is 0 Å². The highest BCUT2D eigenvalue weighted by atomic mass is 16.6. The smallest absolute Gasteiger partial charge is 0.311 e. The van der Waals surface area contributed by atoms with Gasteiger partial charge in [-0.1, -0.05) is 0 Å². The molecule has 2 aromatic rings. The molecule has 0 aliphatic heterocycles. The van der Waals surface area contributed by atoms with E-state index in [1.54, 1.807) is 23.0 Å². The molecule has 0 saturated carbocycles. The molecule has 0 atom stereocenters. The highest BCUT2D eigenvalue weighted by Gasteiger charge is 2.16. The quantitative estimate of drug-likeness (QED) is 0.653. The molecule has 112 valence electrons. The number of ether oxygens (including phenoxy) is 1. The van der Waals surface area contributed by atoms with E-state index >= 15 is 0 Å². The summed E-state index contributed by atoms with van der Waals surface area (Å²) in [5.74, 6) is 0.270. The van der Waals surface area contributed by atoms with Crippen LogP contribution in [0.25, 0.3) is 0 Å². The third-order valence-electron chi connectivity index (χ3n) is 2.77. The Hall–Kier alpha value is -2.57. The van der Waals surface area contributed by atoms with E-state index in [1.165, 1.54) is 6.07 Å². The van der Waals surface area contributed by atoms with E-state index in [2.05, 4.69) is 10.4 Å². The van der Waals surface area contributed by atoms with Gasteiger partial charge >= 0.3 is 5.69 Å². The molecule has 0 radical (unpaired) electrons. The normalized spacial score (nSPS) is 10.7. The van der Waals surface area contributed by atoms with E-state index in [0.29, 0.717) is 6.54 Å². The SMILES string of the molecule is CC(C)Oc1cc(NCc2cnn(C)c2)ccc1[N+](=O)[O-]. The summed E-state index contributed by atoms with van der Waals surface area (Å²) in [4.78, 5) is 10.5. The average molecular weight is 290 g/mol. The van der Waals surface area contributed by atoms with Crippen molar-refractivity contribution in [1.82, 2.24) is 9.78 Å². The molecule has 0 amide bonds. The lowest BCUT2D eigenvalue weighted by Gasteiger charge is -2.12.